The molecular weight excluding hydrogens is 278 g/mol. The van der Waals surface area contributed by atoms with E-state index in [9.17, 15) is 9.59 Å². The number of rotatable bonds is 3. The molecule has 1 aromatic rings. The highest BCUT2D eigenvalue weighted by Crippen LogP contribution is 2.24. The summed E-state index contributed by atoms with van der Waals surface area (Å²) in [4.78, 5) is 25.2. The van der Waals surface area contributed by atoms with E-state index in [1.54, 1.807) is 23.1 Å². The van der Waals surface area contributed by atoms with Gasteiger partial charge in [0.1, 0.15) is 0 Å². The highest BCUT2D eigenvalue weighted by atomic mass is 35.5. The Labute approximate surface area is 123 Å². The van der Waals surface area contributed by atoms with Crippen LogP contribution in [0.3, 0.4) is 0 Å². The van der Waals surface area contributed by atoms with E-state index >= 15 is 0 Å². The van der Waals surface area contributed by atoms with E-state index < -0.39 is 5.97 Å². The van der Waals surface area contributed by atoms with Crippen molar-refractivity contribution in [3.05, 3.63) is 34.3 Å². The van der Waals surface area contributed by atoms with E-state index in [0.717, 1.165) is 24.8 Å². The molecule has 0 aromatic heterocycles. The second kappa shape index (κ2) is 6.27. The lowest BCUT2D eigenvalue weighted by Gasteiger charge is -2.35. The number of piperidine rings is 1. The molecule has 1 fully saturated rings. The average Bonchev–Trinajstić information content (AvgIpc) is 2.41. The first-order valence-corrected chi connectivity index (χ1v) is 7.15. The van der Waals surface area contributed by atoms with E-state index in [2.05, 4.69) is 0 Å². The van der Waals surface area contributed by atoms with E-state index in [1.165, 1.54) is 0 Å². The van der Waals surface area contributed by atoms with Crippen LogP contribution in [0.1, 0.15) is 41.6 Å². The Bertz CT molecular complexity index is 530. The molecule has 0 bridgehead atoms. The van der Waals surface area contributed by atoms with Crippen LogP contribution in [0, 0.1) is 6.92 Å². The molecule has 1 aromatic carbocycles. The highest BCUT2D eigenvalue weighted by molar-refractivity contribution is 6.31. The van der Waals surface area contributed by atoms with Crippen molar-refractivity contribution in [3.63, 3.8) is 0 Å². The largest absolute Gasteiger partial charge is 0.481 e. The molecule has 1 saturated heterocycles. The number of hydrogen-bond acceptors (Lipinski definition) is 2. The number of likely N-dealkylation sites (tertiary alicyclic amines) is 1. The summed E-state index contributed by atoms with van der Waals surface area (Å²) in [5, 5.41) is 9.59. The zero-order valence-electron chi connectivity index (χ0n) is 11.4. The standard InChI is InChI=1S/C15H18ClNO3/c1-10-8-11(5-6-13(10)16)15(20)17-7-3-2-4-12(17)9-14(18)19/h5-6,8,12H,2-4,7,9H2,1H3,(H,18,19). The summed E-state index contributed by atoms with van der Waals surface area (Å²) >= 11 is 5.97. The van der Waals surface area contributed by atoms with Crippen LogP contribution in [0.5, 0.6) is 0 Å². The molecule has 1 unspecified atom stereocenters. The number of carboxylic acid groups (broad SMARTS) is 1. The third-order valence-corrected chi connectivity index (χ3v) is 4.13. The summed E-state index contributed by atoms with van der Waals surface area (Å²) in [5.74, 6) is -0.960. The van der Waals surface area contributed by atoms with Gasteiger partial charge in [0, 0.05) is 23.2 Å². The van der Waals surface area contributed by atoms with Crippen molar-refractivity contribution in [2.45, 2.75) is 38.6 Å². The van der Waals surface area contributed by atoms with Crippen LogP contribution in [0.25, 0.3) is 0 Å². The molecule has 0 saturated carbocycles. The van der Waals surface area contributed by atoms with Gasteiger partial charge in [-0.1, -0.05) is 11.6 Å². The number of aliphatic carboxylic acids is 1. The lowest BCUT2D eigenvalue weighted by atomic mass is 9.98. The monoisotopic (exact) mass is 295 g/mol. The minimum Gasteiger partial charge on any atom is -0.481 e. The number of carboxylic acids is 1. The van der Waals surface area contributed by atoms with Crippen LogP contribution in [0.4, 0.5) is 0 Å². The summed E-state index contributed by atoms with van der Waals surface area (Å²) in [5.41, 5.74) is 1.42. The first-order chi connectivity index (χ1) is 9.49. The Morgan fingerprint density at radius 3 is 2.80 bits per heavy atom. The van der Waals surface area contributed by atoms with Crippen LogP contribution in [-0.2, 0) is 4.79 Å². The van der Waals surface area contributed by atoms with Gasteiger partial charge in [0.05, 0.1) is 6.42 Å². The second-order valence-corrected chi connectivity index (χ2v) is 5.62. The van der Waals surface area contributed by atoms with Crippen LogP contribution in [0.2, 0.25) is 5.02 Å². The van der Waals surface area contributed by atoms with E-state index in [0.29, 0.717) is 17.1 Å². The number of hydrogen-bond donors (Lipinski definition) is 1. The number of nitrogens with zero attached hydrogens (tertiary/aromatic N) is 1. The third kappa shape index (κ3) is 3.31. The Morgan fingerprint density at radius 2 is 2.15 bits per heavy atom. The fourth-order valence-electron chi connectivity index (χ4n) is 2.63. The van der Waals surface area contributed by atoms with Gasteiger partial charge in [-0.3, -0.25) is 9.59 Å². The highest BCUT2D eigenvalue weighted by Gasteiger charge is 2.29. The van der Waals surface area contributed by atoms with Gasteiger partial charge in [0.25, 0.3) is 5.91 Å². The van der Waals surface area contributed by atoms with Crippen LogP contribution in [0.15, 0.2) is 18.2 Å². The van der Waals surface area contributed by atoms with Gasteiger partial charge in [0.2, 0.25) is 0 Å². The van der Waals surface area contributed by atoms with Gasteiger partial charge in [0.15, 0.2) is 0 Å². The molecule has 1 heterocycles. The van der Waals surface area contributed by atoms with Crippen LogP contribution >= 0.6 is 11.6 Å². The van der Waals surface area contributed by atoms with Gasteiger partial charge in [-0.2, -0.15) is 0 Å². The van der Waals surface area contributed by atoms with E-state index in [1.807, 2.05) is 6.92 Å². The summed E-state index contributed by atoms with van der Waals surface area (Å²) in [6, 6.07) is 4.96. The van der Waals surface area contributed by atoms with Crippen molar-refractivity contribution in [1.29, 1.82) is 0 Å². The SMILES string of the molecule is Cc1cc(C(=O)N2CCCCC2CC(=O)O)ccc1Cl. The zero-order chi connectivity index (χ0) is 14.7. The maximum absolute atomic E-state index is 12.5. The summed E-state index contributed by atoms with van der Waals surface area (Å²) in [6.07, 6.45) is 2.67. The first-order valence-electron chi connectivity index (χ1n) is 6.78. The normalized spacial score (nSPS) is 18.9. The number of carbonyl (C=O) groups excluding carboxylic acids is 1. The summed E-state index contributed by atoms with van der Waals surface area (Å²) in [7, 11) is 0. The zero-order valence-corrected chi connectivity index (χ0v) is 12.2. The minimum atomic E-state index is -0.859. The fraction of sp³-hybridized carbons (Fsp3) is 0.467. The third-order valence-electron chi connectivity index (χ3n) is 3.70. The predicted octanol–water partition coefficient (Wildman–Crippen LogP) is 3.12. The minimum absolute atomic E-state index is 0.0122. The van der Waals surface area contributed by atoms with Crippen molar-refractivity contribution in [2.24, 2.45) is 0 Å². The van der Waals surface area contributed by atoms with Gasteiger partial charge in [-0.25, -0.2) is 0 Å². The molecule has 0 aliphatic carbocycles. The molecule has 108 valence electrons. The number of benzene rings is 1. The Morgan fingerprint density at radius 1 is 1.40 bits per heavy atom. The Kier molecular flexibility index (Phi) is 4.65. The molecule has 1 amide bonds. The molecule has 1 atom stereocenters. The van der Waals surface area contributed by atoms with Gasteiger partial charge >= 0.3 is 5.97 Å². The molecule has 5 heteroatoms. The molecule has 0 radical (unpaired) electrons. The van der Waals surface area contributed by atoms with Crippen molar-refractivity contribution < 1.29 is 14.7 Å². The smallest absolute Gasteiger partial charge is 0.305 e. The van der Waals surface area contributed by atoms with Crippen molar-refractivity contribution >= 4 is 23.5 Å². The number of carbonyl (C=O) groups is 2. The lowest BCUT2D eigenvalue weighted by Crippen LogP contribution is -2.44. The van der Waals surface area contributed by atoms with Crippen LogP contribution < -0.4 is 0 Å². The second-order valence-electron chi connectivity index (χ2n) is 5.21. The number of halogens is 1. The van der Waals surface area contributed by atoms with Crippen molar-refractivity contribution in [3.8, 4) is 0 Å². The summed E-state index contributed by atoms with van der Waals surface area (Å²) in [6.45, 7) is 2.47. The number of amides is 1. The van der Waals surface area contributed by atoms with Gasteiger partial charge in [-0.15, -0.1) is 0 Å². The molecule has 1 N–H and O–H groups in total. The van der Waals surface area contributed by atoms with Crippen molar-refractivity contribution in [2.75, 3.05) is 6.54 Å². The van der Waals surface area contributed by atoms with E-state index in [4.69, 9.17) is 16.7 Å². The topological polar surface area (TPSA) is 57.6 Å². The molecule has 0 spiro atoms. The maximum atomic E-state index is 12.5. The molecule has 2 rings (SSSR count). The maximum Gasteiger partial charge on any atom is 0.305 e. The quantitative estimate of drug-likeness (QED) is 0.932. The molecule has 1 aliphatic heterocycles. The lowest BCUT2D eigenvalue weighted by molar-refractivity contribution is -0.138. The summed E-state index contributed by atoms with van der Waals surface area (Å²) < 4.78 is 0. The fourth-order valence-corrected chi connectivity index (χ4v) is 2.74. The number of aryl methyl sites for hydroxylation is 1. The molecular formula is C15H18ClNO3. The molecule has 1 aliphatic rings. The Balaban J connectivity index is 2.20. The molecule has 20 heavy (non-hydrogen) atoms. The van der Waals surface area contributed by atoms with E-state index in [-0.39, 0.29) is 18.4 Å². The predicted molar refractivity (Wildman–Crippen MR) is 77.1 cm³/mol. The van der Waals surface area contributed by atoms with Crippen molar-refractivity contribution in [1.82, 2.24) is 4.90 Å². The van der Waals surface area contributed by atoms with Gasteiger partial charge < -0.3 is 10.0 Å². The molecule has 4 nitrogen and oxygen atoms in total. The van der Waals surface area contributed by atoms with Gasteiger partial charge in [-0.05, 0) is 49.9 Å². The Hall–Kier alpha value is -1.55. The average molecular weight is 296 g/mol. The first kappa shape index (κ1) is 14.9. The van der Waals surface area contributed by atoms with Crippen LogP contribution in [-0.4, -0.2) is 34.5 Å².